The summed E-state index contributed by atoms with van der Waals surface area (Å²) < 4.78 is 0. The Hall–Kier alpha value is -3.22. The number of anilines is 1. The van der Waals surface area contributed by atoms with E-state index in [9.17, 15) is 14.4 Å². The lowest BCUT2D eigenvalue weighted by Crippen LogP contribution is -2.35. The van der Waals surface area contributed by atoms with Crippen molar-refractivity contribution >= 4 is 23.4 Å². The van der Waals surface area contributed by atoms with Gasteiger partial charge in [0.05, 0.1) is 11.3 Å². The molecule has 2 aromatic rings. The third-order valence-electron chi connectivity index (χ3n) is 2.85. The average molecular weight is 298 g/mol. The topological polar surface area (TPSA) is 114 Å². The van der Waals surface area contributed by atoms with Gasteiger partial charge in [-0.25, -0.2) is 0 Å². The van der Waals surface area contributed by atoms with Gasteiger partial charge in [-0.15, -0.1) is 0 Å². The van der Waals surface area contributed by atoms with E-state index in [1.54, 1.807) is 36.7 Å². The fourth-order valence-corrected chi connectivity index (χ4v) is 1.75. The lowest BCUT2D eigenvalue weighted by atomic mass is 10.1. The maximum absolute atomic E-state index is 11.8. The molecule has 0 atom stereocenters. The van der Waals surface area contributed by atoms with Crippen LogP contribution in [-0.2, 0) is 16.1 Å². The molecule has 4 N–H and O–H groups in total. The lowest BCUT2D eigenvalue weighted by Gasteiger charge is -2.09. The average Bonchev–Trinajstić information content (AvgIpc) is 2.53. The van der Waals surface area contributed by atoms with Gasteiger partial charge in [0.2, 0.25) is 0 Å². The smallest absolute Gasteiger partial charge is 0.313 e. The van der Waals surface area contributed by atoms with E-state index in [0.717, 1.165) is 5.56 Å². The predicted octanol–water partition coefficient (Wildman–Crippen LogP) is 0.435. The van der Waals surface area contributed by atoms with Crippen molar-refractivity contribution < 1.29 is 14.4 Å². The van der Waals surface area contributed by atoms with Gasteiger partial charge in [-0.05, 0) is 29.8 Å². The molecular weight excluding hydrogens is 284 g/mol. The van der Waals surface area contributed by atoms with Gasteiger partial charge in [-0.1, -0.05) is 12.1 Å². The van der Waals surface area contributed by atoms with Gasteiger partial charge in [0.25, 0.3) is 5.91 Å². The van der Waals surface area contributed by atoms with Gasteiger partial charge in [-0.3, -0.25) is 19.4 Å². The van der Waals surface area contributed by atoms with Crippen LogP contribution in [0.1, 0.15) is 15.9 Å². The first-order valence-corrected chi connectivity index (χ1v) is 6.45. The molecule has 22 heavy (non-hydrogen) atoms. The number of amides is 3. The van der Waals surface area contributed by atoms with Gasteiger partial charge in [0.1, 0.15) is 0 Å². The van der Waals surface area contributed by atoms with E-state index in [-0.39, 0.29) is 17.8 Å². The van der Waals surface area contributed by atoms with Crippen molar-refractivity contribution in [3.05, 3.63) is 59.9 Å². The van der Waals surface area contributed by atoms with Crippen LogP contribution in [0.25, 0.3) is 0 Å². The van der Waals surface area contributed by atoms with Gasteiger partial charge in [0, 0.05) is 18.9 Å². The maximum Gasteiger partial charge on any atom is 0.313 e. The highest BCUT2D eigenvalue weighted by atomic mass is 16.2. The van der Waals surface area contributed by atoms with Crippen LogP contribution in [0.2, 0.25) is 0 Å². The Morgan fingerprint density at radius 2 is 1.68 bits per heavy atom. The number of nitrogens with zero attached hydrogens (tertiary/aromatic N) is 1. The quantitative estimate of drug-likeness (QED) is 0.710. The van der Waals surface area contributed by atoms with Crippen LogP contribution in [-0.4, -0.2) is 22.7 Å². The zero-order chi connectivity index (χ0) is 15.9. The monoisotopic (exact) mass is 298 g/mol. The van der Waals surface area contributed by atoms with E-state index in [1.165, 1.54) is 12.1 Å². The van der Waals surface area contributed by atoms with E-state index in [0.29, 0.717) is 0 Å². The Labute approximate surface area is 126 Å². The molecule has 0 bridgehead atoms. The molecule has 1 aromatic carbocycles. The number of nitrogens with two attached hydrogens (primary N) is 1. The number of carbonyl (C=O) groups is 3. The van der Waals surface area contributed by atoms with E-state index < -0.39 is 17.7 Å². The first-order valence-electron chi connectivity index (χ1n) is 6.45. The molecule has 1 aromatic heterocycles. The number of para-hydroxylation sites is 1. The van der Waals surface area contributed by atoms with Crippen molar-refractivity contribution in [3.63, 3.8) is 0 Å². The number of carbonyl (C=O) groups excluding carboxylic acids is 3. The van der Waals surface area contributed by atoms with Crippen molar-refractivity contribution in [2.45, 2.75) is 6.54 Å². The Bertz CT molecular complexity index is 701. The summed E-state index contributed by atoms with van der Waals surface area (Å²) in [6, 6.07) is 9.64. The van der Waals surface area contributed by atoms with Crippen molar-refractivity contribution in [1.82, 2.24) is 10.3 Å². The second kappa shape index (κ2) is 6.98. The molecular formula is C15H14N4O3. The first-order chi connectivity index (χ1) is 10.6. The minimum atomic E-state index is -0.872. The fourth-order valence-electron chi connectivity index (χ4n) is 1.75. The first kappa shape index (κ1) is 15.2. The van der Waals surface area contributed by atoms with Gasteiger partial charge in [-0.2, -0.15) is 0 Å². The van der Waals surface area contributed by atoms with Gasteiger partial charge in [0.15, 0.2) is 0 Å². The number of primary amides is 1. The third kappa shape index (κ3) is 3.89. The minimum Gasteiger partial charge on any atom is -0.366 e. The fraction of sp³-hybridized carbons (Fsp3) is 0.0667. The number of hydrogen-bond donors (Lipinski definition) is 3. The molecule has 112 valence electrons. The van der Waals surface area contributed by atoms with Crippen molar-refractivity contribution in [2.24, 2.45) is 5.73 Å². The van der Waals surface area contributed by atoms with Crippen LogP contribution in [0.5, 0.6) is 0 Å². The molecule has 0 spiro atoms. The molecule has 7 heteroatoms. The van der Waals surface area contributed by atoms with Gasteiger partial charge >= 0.3 is 11.8 Å². The standard InChI is InChI=1S/C15H14N4O3/c16-13(20)11-3-1-2-4-12(11)19-15(22)14(21)18-9-10-5-7-17-8-6-10/h1-8H,9H2,(H2,16,20)(H,18,21)(H,19,22). The van der Waals surface area contributed by atoms with E-state index in [2.05, 4.69) is 15.6 Å². The van der Waals surface area contributed by atoms with Crippen LogP contribution >= 0.6 is 0 Å². The number of nitrogens with one attached hydrogen (secondary N) is 2. The zero-order valence-corrected chi connectivity index (χ0v) is 11.6. The van der Waals surface area contributed by atoms with Crippen molar-refractivity contribution in [3.8, 4) is 0 Å². The summed E-state index contributed by atoms with van der Waals surface area (Å²) in [5, 5.41) is 4.84. The van der Waals surface area contributed by atoms with Crippen molar-refractivity contribution in [2.75, 3.05) is 5.32 Å². The molecule has 3 amide bonds. The summed E-state index contributed by atoms with van der Waals surface area (Å²) in [5.41, 5.74) is 6.35. The predicted molar refractivity (Wildman–Crippen MR) is 79.7 cm³/mol. The Balaban J connectivity index is 1.97. The molecule has 2 rings (SSSR count). The lowest BCUT2D eigenvalue weighted by molar-refractivity contribution is -0.136. The Morgan fingerprint density at radius 1 is 1.00 bits per heavy atom. The highest BCUT2D eigenvalue weighted by molar-refractivity contribution is 6.40. The van der Waals surface area contributed by atoms with Crippen LogP contribution in [0.3, 0.4) is 0 Å². The zero-order valence-electron chi connectivity index (χ0n) is 11.6. The van der Waals surface area contributed by atoms with Gasteiger partial charge < -0.3 is 16.4 Å². The summed E-state index contributed by atoms with van der Waals surface area (Å²) in [5.74, 6) is -2.37. The number of rotatable bonds is 4. The Morgan fingerprint density at radius 3 is 2.36 bits per heavy atom. The molecule has 0 fully saturated rings. The summed E-state index contributed by atoms with van der Waals surface area (Å²) in [6.07, 6.45) is 3.18. The largest absolute Gasteiger partial charge is 0.366 e. The number of benzene rings is 1. The molecule has 7 nitrogen and oxygen atoms in total. The highest BCUT2D eigenvalue weighted by Gasteiger charge is 2.16. The molecule has 0 saturated carbocycles. The molecule has 0 saturated heterocycles. The molecule has 1 heterocycles. The third-order valence-corrected chi connectivity index (χ3v) is 2.85. The SMILES string of the molecule is NC(=O)c1ccccc1NC(=O)C(=O)NCc1ccncc1. The van der Waals surface area contributed by atoms with E-state index >= 15 is 0 Å². The Kier molecular flexibility index (Phi) is 4.81. The van der Waals surface area contributed by atoms with Crippen molar-refractivity contribution in [1.29, 1.82) is 0 Å². The second-order valence-corrected chi connectivity index (χ2v) is 4.40. The maximum atomic E-state index is 11.8. The van der Waals surface area contributed by atoms with Crippen LogP contribution in [0.15, 0.2) is 48.8 Å². The van der Waals surface area contributed by atoms with Crippen LogP contribution in [0, 0.1) is 0 Å². The summed E-state index contributed by atoms with van der Waals surface area (Å²) in [7, 11) is 0. The van der Waals surface area contributed by atoms with Crippen LogP contribution in [0.4, 0.5) is 5.69 Å². The molecule has 0 unspecified atom stereocenters. The number of aromatic nitrogens is 1. The highest BCUT2D eigenvalue weighted by Crippen LogP contribution is 2.13. The minimum absolute atomic E-state index is 0.137. The number of hydrogen-bond acceptors (Lipinski definition) is 4. The molecule has 0 aliphatic heterocycles. The summed E-state index contributed by atoms with van der Waals surface area (Å²) >= 11 is 0. The molecule has 0 aliphatic carbocycles. The van der Waals surface area contributed by atoms with E-state index in [4.69, 9.17) is 5.73 Å². The van der Waals surface area contributed by atoms with Crippen LogP contribution < -0.4 is 16.4 Å². The second-order valence-electron chi connectivity index (χ2n) is 4.40. The normalized spacial score (nSPS) is 9.82. The molecule has 0 radical (unpaired) electrons. The summed E-state index contributed by atoms with van der Waals surface area (Å²) in [4.78, 5) is 38.7. The number of pyridine rings is 1. The molecule has 0 aliphatic rings. The van der Waals surface area contributed by atoms with E-state index in [1.807, 2.05) is 0 Å². The summed E-state index contributed by atoms with van der Waals surface area (Å²) in [6.45, 7) is 0.201.